The molecular weight excluding hydrogens is 462 g/mol. The first kappa shape index (κ1) is 26.0. The second-order valence-electron chi connectivity index (χ2n) is 9.30. The van der Waals surface area contributed by atoms with Crippen LogP contribution in [-0.2, 0) is 9.53 Å². The Morgan fingerprint density at radius 3 is 2.53 bits per heavy atom. The lowest BCUT2D eigenvalue weighted by atomic mass is 9.82. The van der Waals surface area contributed by atoms with E-state index in [2.05, 4.69) is 4.90 Å². The summed E-state index contributed by atoms with van der Waals surface area (Å²) in [4.78, 5) is 13.6. The Morgan fingerprint density at radius 2 is 1.81 bits per heavy atom. The number of hydrogen-bond donors (Lipinski definition) is 2. The van der Waals surface area contributed by atoms with E-state index < -0.39 is 5.97 Å². The van der Waals surface area contributed by atoms with Gasteiger partial charge >= 0.3 is 5.97 Å². The number of aliphatic carboxylic acids is 1. The van der Waals surface area contributed by atoms with Gasteiger partial charge in [-0.05, 0) is 79.3 Å². The lowest BCUT2D eigenvalue weighted by Gasteiger charge is -2.47. The molecule has 0 spiro atoms. The van der Waals surface area contributed by atoms with Gasteiger partial charge in [-0.15, -0.1) is 0 Å². The van der Waals surface area contributed by atoms with Gasteiger partial charge in [-0.1, -0.05) is 12.5 Å². The Bertz CT molecular complexity index is 1100. The zero-order valence-corrected chi connectivity index (χ0v) is 21.1. The number of rotatable bonds is 9. The summed E-state index contributed by atoms with van der Waals surface area (Å²) in [6.07, 6.45) is 7.06. The highest BCUT2D eigenvalue weighted by molar-refractivity contribution is 5.86. The Hall–Kier alpha value is -3.07. The third-order valence-corrected chi connectivity index (χ3v) is 7.07. The number of fused-ring (bicyclic) bond motifs is 1. The number of benzene rings is 2. The first-order valence-electron chi connectivity index (χ1n) is 12.3. The minimum Gasteiger partial charge on any atom is -0.493 e. The van der Waals surface area contributed by atoms with E-state index >= 15 is 0 Å². The highest BCUT2D eigenvalue weighted by Crippen LogP contribution is 2.47. The highest BCUT2D eigenvalue weighted by atomic mass is 16.7. The van der Waals surface area contributed by atoms with E-state index in [0.29, 0.717) is 29.7 Å². The van der Waals surface area contributed by atoms with E-state index in [4.69, 9.17) is 24.1 Å². The van der Waals surface area contributed by atoms with Crippen LogP contribution < -0.4 is 14.2 Å². The molecule has 2 aromatic carbocycles. The normalized spacial score (nSPS) is 22.3. The van der Waals surface area contributed by atoms with Crippen molar-refractivity contribution in [3.8, 4) is 28.4 Å². The van der Waals surface area contributed by atoms with E-state index in [-0.39, 0.29) is 18.9 Å². The molecule has 0 radical (unpaired) electrons. The Labute approximate surface area is 212 Å². The molecule has 2 fully saturated rings. The average molecular weight is 498 g/mol. The van der Waals surface area contributed by atoms with Crippen LogP contribution in [0.3, 0.4) is 0 Å². The Kier molecular flexibility index (Phi) is 8.51. The second kappa shape index (κ2) is 11.8. The molecule has 2 N–H and O–H groups in total. The van der Waals surface area contributed by atoms with Crippen LogP contribution in [-0.4, -0.2) is 67.9 Å². The summed E-state index contributed by atoms with van der Waals surface area (Å²) >= 11 is 0. The predicted octanol–water partition coefficient (Wildman–Crippen LogP) is 4.50. The summed E-state index contributed by atoms with van der Waals surface area (Å²) in [5.74, 6) is 0.776. The standard InChI is InChI=1S/C28H35NO7/c1-33-17-36-25-9-7-18(8-10-28(31)32)12-23(25)21-15-26(34-2)27(35-3)16-22(21)24-14-20(30)13-19-6-4-5-11-29(19)24/h7-10,12,15-16,19-20,24,30H,4-6,11,13-14,17H2,1-3H3,(H,31,32)/b10-8-/t19-,20+,24+/m1/s1. The smallest absolute Gasteiger partial charge is 0.328 e. The number of aliphatic hydroxyl groups is 1. The van der Waals surface area contributed by atoms with Gasteiger partial charge in [0, 0.05) is 30.8 Å². The van der Waals surface area contributed by atoms with Crippen LogP contribution in [0.15, 0.2) is 36.4 Å². The minimum absolute atomic E-state index is 0.0117. The maximum atomic E-state index is 11.1. The molecule has 2 aromatic rings. The summed E-state index contributed by atoms with van der Waals surface area (Å²) < 4.78 is 22.4. The lowest BCUT2D eigenvalue weighted by molar-refractivity contribution is -0.131. The molecule has 8 nitrogen and oxygen atoms in total. The fourth-order valence-electron chi connectivity index (χ4n) is 5.48. The van der Waals surface area contributed by atoms with E-state index in [9.17, 15) is 9.90 Å². The number of hydrogen-bond acceptors (Lipinski definition) is 7. The van der Waals surface area contributed by atoms with E-state index in [1.54, 1.807) is 33.5 Å². The Morgan fingerprint density at radius 1 is 1.03 bits per heavy atom. The third-order valence-electron chi connectivity index (χ3n) is 7.07. The summed E-state index contributed by atoms with van der Waals surface area (Å²) in [7, 11) is 4.78. The number of nitrogens with zero attached hydrogens (tertiary/aromatic N) is 1. The fourth-order valence-corrected chi connectivity index (χ4v) is 5.48. The number of methoxy groups -OCH3 is 3. The zero-order valence-electron chi connectivity index (χ0n) is 21.1. The zero-order chi connectivity index (χ0) is 25.7. The summed E-state index contributed by atoms with van der Waals surface area (Å²) in [6, 6.07) is 9.79. The van der Waals surface area contributed by atoms with Gasteiger partial charge in [0.05, 0.1) is 20.3 Å². The molecule has 3 atom stereocenters. The number of aliphatic hydroxyl groups excluding tert-OH is 1. The monoisotopic (exact) mass is 497 g/mol. The largest absolute Gasteiger partial charge is 0.493 e. The SMILES string of the molecule is COCOc1ccc(/C=C\C(=O)O)cc1-c1cc(OC)c(OC)cc1[C@@H]1C[C@@H](O)C[C@H]2CCCCN21. The molecule has 2 heterocycles. The van der Waals surface area contributed by atoms with Crippen LogP contribution in [0.25, 0.3) is 17.2 Å². The van der Waals surface area contributed by atoms with Gasteiger partial charge in [0.15, 0.2) is 18.3 Å². The molecule has 0 bridgehead atoms. The summed E-state index contributed by atoms with van der Waals surface area (Å²) in [6.45, 7) is 1.04. The minimum atomic E-state index is -1.02. The Balaban J connectivity index is 1.91. The molecular formula is C28H35NO7. The van der Waals surface area contributed by atoms with Crippen molar-refractivity contribution in [2.24, 2.45) is 0 Å². The molecule has 4 rings (SSSR count). The highest BCUT2D eigenvalue weighted by Gasteiger charge is 2.38. The molecule has 194 valence electrons. The topological polar surface area (TPSA) is 97.7 Å². The van der Waals surface area contributed by atoms with Crippen LogP contribution in [0, 0.1) is 0 Å². The molecule has 0 amide bonds. The summed E-state index contributed by atoms with van der Waals surface area (Å²) in [5, 5.41) is 19.9. The van der Waals surface area contributed by atoms with Crippen molar-refractivity contribution < 1.29 is 34.0 Å². The van der Waals surface area contributed by atoms with Crippen LogP contribution in [0.5, 0.6) is 17.2 Å². The molecule has 0 aliphatic carbocycles. The molecule has 0 saturated carbocycles. The lowest BCUT2D eigenvalue weighted by Crippen LogP contribution is -2.48. The maximum absolute atomic E-state index is 11.1. The molecule has 0 unspecified atom stereocenters. The van der Waals surface area contributed by atoms with Crippen molar-refractivity contribution in [2.45, 2.75) is 50.3 Å². The summed E-state index contributed by atoms with van der Waals surface area (Å²) in [5.41, 5.74) is 3.40. The van der Waals surface area contributed by atoms with Gasteiger partial charge in [-0.25, -0.2) is 4.79 Å². The van der Waals surface area contributed by atoms with Crippen LogP contribution in [0.2, 0.25) is 0 Å². The van der Waals surface area contributed by atoms with Crippen LogP contribution >= 0.6 is 0 Å². The van der Waals surface area contributed by atoms with Crippen molar-refractivity contribution in [1.29, 1.82) is 0 Å². The van der Waals surface area contributed by atoms with Gasteiger partial charge in [-0.3, -0.25) is 4.90 Å². The molecule has 0 aromatic heterocycles. The molecule has 2 aliphatic rings. The number of piperidine rings is 2. The van der Waals surface area contributed by atoms with Crippen molar-refractivity contribution in [3.63, 3.8) is 0 Å². The van der Waals surface area contributed by atoms with Gasteiger partial charge < -0.3 is 29.2 Å². The van der Waals surface area contributed by atoms with Crippen molar-refractivity contribution in [1.82, 2.24) is 4.90 Å². The number of carbonyl (C=O) groups is 1. The second-order valence-corrected chi connectivity index (χ2v) is 9.30. The van der Waals surface area contributed by atoms with Crippen molar-refractivity contribution >= 4 is 12.0 Å². The third kappa shape index (κ3) is 5.67. The van der Waals surface area contributed by atoms with Gasteiger partial charge in [-0.2, -0.15) is 0 Å². The van der Waals surface area contributed by atoms with E-state index in [0.717, 1.165) is 54.1 Å². The molecule has 2 aliphatic heterocycles. The molecule has 2 saturated heterocycles. The molecule has 36 heavy (non-hydrogen) atoms. The average Bonchev–Trinajstić information content (AvgIpc) is 2.89. The van der Waals surface area contributed by atoms with E-state index in [1.807, 2.05) is 24.3 Å². The van der Waals surface area contributed by atoms with Crippen molar-refractivity contribution in [2.75, 3.05) is 34.7 Å². The van der Waals surface area contributed by atoms with Crippen molar-refractivity contribution in [3.05, 3.63) is 47.5 Å². The maximum Gasteiger partial charge on any atom is 0.328 e. The molecule has 8 heteroatoms. The number of carboxylic acids is 1. The number of carboxylic acid groups (broad SMARTS) is 1. The fraction of sp³-hybridized carbons (Fsp3) is 0.464. The van der Waals surface area contributed by atoms with Crippen LogP contribution in [0.4, 0.5) is 0 Å². The van der Waals surface area contributed by atoms with Gasteiger partial charge in [0.2, 0.25) is 0 Å². The first-order valence-corrected chi connectivity index (χ1v) is 12.3. The number of ether oxygens (including phenoxy) is 4. The van der Waals surface area contributed by atoms with Gasteiger partial charge in [0.1, 0.15) is 5.75 Å². The predicted molar refractivity (Wildman–Crippen MR) is 136 cm³/mol. The van der Waals surface area contributed by atoms with E-state index in [1.165, 1.54) is 6.42 Å². The quantitative estimate of drug-likeness (QED) is 0.386. The van der Waals surface area contributed by atoms with Crippen LogP contribution in [0.1, 0.15) is 49.3 Å². The first-order chi connectivity index (χ1) is 17.4. The van der Waals surface area contributed by atoms with Gasteiger partial charge in [0.25, 0.3) is 0 Å².